The van der Waals surface area contributed by atoms with E-state index >= 15 is 0 Å². The molecule has 1 aliphatic heterocycles. The number of nitrogens with one attached hydrogen (secondary N) is 2. The Morgan fingerprint density at radius 2 is 1.89 bits per heavy atom. The molecule has 0 spiro atoms. The minimum atomic E-state index is -1.14. The number of aliphatic hydroxyl groups is 1. The summed E-state index contributed by atoms with van der Waals surface area (Å²) < 4.78 is 0. The fraction of sp³-hybridized carbons (Fsp3) is 0.727. The molecule has 8 heteroatoms. The molecule has 1 saturated heterocycles. The van der Waals surface area contributed by atoms with Crippen molar-refractivity contribution >= 4 is 17.9 Å². The Bertz CT molecular complexity index is 347. The van der Waals surface area contributed by atoms with Crippen LogP contribution in [0.1, 0.15) is 19.3 Å². The topological polar surface area (TPSA) is 119 Å². The summed E-state index contributed by atoms with van der Waals surface area (Å²) in [7, 11) is 0. The van der Waals surface area contributed by atoms with Gasteiger partial charge in [0.25, 0.3) is 0 Å². The molecule has 0 aromatic heterocycles. The molecule has 1 heterocycles. The lowest BCUT2D eigenvalue weighted by atomic mass is 10.0. The molecule has 1 fully saturated rings. The number of amides is 3. The van der Waals surface area contributed by atoms with Crippen molar-refractivity contribution in [2.75, 3.05) is 26.2 Å². The van der Waals surface area contributed by atoms with Crippen molar-refractivity contribution < 1.29 is 24.6 Å². The van der Waals surface area contributed by atoms with E-state index in [2.05, 4.69) is 10.6 Å². The Balaban J connectivity index is 2.33. The Hall–Kier alpha value is -1.83. The number of nitrogens with zero attached hydrogens (tertiary/aromatic N) is 1. The molecule has 0 aromatic carbocycles. The molecular formula is C11H19N3O5. The number of piperidine rings is 1. The number of rotatable bonds is 5. The van der Waals surface area contributed by atoms with Gasteiger partial charge in [0.05, 0.1) is 19.2 Å². The number of carbonyl (C=O) groups is 3. The second-order valence-corrected chi connectivity index (χ2v) is 4.35. The first-order chi connectivity index (χ1) is 9.04. The lowest BCUT2D eigenvalue weighted by molar-refractivity contribution is -0.137. The number of carboxylic acids is 1. The number of likely N-dealkylation sites (tertiary alicyclic amines) is 1. The lowest BCUT2D eigenvalue weighted by Gasteiger charge is -2.34. The van der Waals surface area contributed by atoms with E-state index in [1.165, 1.54) is 4.90 Å². The second kappa shape index (κ2) is 7.57. The van der Waals surface area contributed by atoms with E-state index < -0.39 is 24.5 Å². The van der Waals surface area contributed by atoms with Gasteiger partial charge in [0.1, 0.15) is 6.54 Å². The van der Waals surface area contributed by atoms with Crippen molar-refractivity contribution in [2.45, 2.75) is 25.3 Å². The first-order valence-electron chi connectivity index (χ1n) is 6.18. The smallest absolute Gasteiger partial charge is 0.322 e. The summed E-state index contributed by atoms with van der Waals surface area (Å²) in [5.74, 6) is -1.70. The third kappa shape index (κ3) is 5.12. The minimum absolute atomic E-state index is 0.0986. The molecule has 0 saturated carbocycles. The van der Waals surface area contributed by atoms with E-state index in [0.29, 0.717) is 6.54 Å². The number of carboxylic acid groups (broad SMARTS) is 1. The van der Waals surface area contributed by atoms with E-state index in [9.17, 15) is 14.4 Å². The highest BCUT2D eigenvalue weighted by Crippen LogP contribution is 2.16. The molecule has 3 amide bonds. The molecular weight excluding hydrogens is 254 g/mol. The van der Waals surface area contributed by atoms with Gasteiger partial charge in [-0.25, -0.2) is 4.79 Å². The standard InChI is InChI=1S/C11H19N3O5/c15-7-8-3-1-2-4-14(8)11(19)13-5-9(16)12-6-10(17)18/h8,15H,1-7H2,(H,12,16)(H,13,19)(H,17,18). The van der Waals surface area contributed by atoms with Gasteiger partial charge >= 0.3 is 12.0 Å². The van der Waals surface area contributed by atoms with Crippen molar-refractivity contribution in [3.8, 4) is 0 Å². The van der Waals surface area contributed by atoms with Gasteiger partial charge in [0.15, 0.2) is 0 Å². The summed E-state index contributed by atoms with van der Waals surface area (Å²) in [4.78, 5) is 34.8. The van der Waals surface area contributed by atoms with Crippen molar-refractivity contribution in [3.05, 3.63) is 0 Å². The largest absolute Gasteiger partial charge is 0.480 e. The zero-order valence-corrected chi connectivity index (χ0v) is 10.6. The zero-order valence-electron chi connectivity index (χ0n) is 10.6. The molecule has 108 valence electrons. The first-order valence-corrected chi connectivity index (χ1v) is 6.18. The van der Waals surface area contributed by atoms with Crippen LogP contribution in [-0.2, 0) is 9.59 Å². The van der Waals surface area contributed by atoms with Crippen LogP contribution in [0.4, 0.5) is 4.79 Å². The van der Waals surface area contributed by atoms with Crippen LogP contribution < -0.4 is 10.6 Å². The number of urea groups is 1. The summed E-state index contributed by atoms with van der Waals surface area (Å²) >= 11 is 0. The molecule has 4 N–H and O–H groups in total. The number of carbonyl (C=O) groups excluding carboxylic acids is 2. The van der Waals surface area contributed by atoms with Gasteiger partial charge in [-0.15, -0.1) is 0 Å². The molecule has 0 radical (unpaired) electrons. The van der Waals surface area contributed by atoms with Gasteiger partial charge in [-0.2, -0.15) is 0 Å². The average molecular weight is 273 g/mol. The molecule has 1 unspecified atom stereocenters. The van der Waals surface area contributed by atoms with Crippen LogP contribution >= 0.6 is 0 Å². The Labute approximate surface area is 110 Å². The van der Waals surface area contributed by atoms with E-state index in [-0.39, 0.29) is 19.2 Å². The Morgan fingerprint density at radius 1 is 1.16 bits per heavy atom. The summed E-state index contributed by atoms with van der Waals surface area (Å²) in [5.41, 5.74) is 0. The van der Waals surface area contributed by atoms with Crippen LogP contribution in [0.3, 0.4) is 0 Å². The average Bonchev–Trinajstić information content (AvgIpc) is 2.42. The molecule has 0 aromatic rings. The van der Waals surface area contributed by atoms with E-state index in [1.807, 2.05) is 0 Å². The normalized spacial score (nSPS) is 18.8. The summed E-state index contributed by atoms with van der Waals surface area (Å²) in [6.07, 6.45) is 2.58. The second-order valence-electron chi connectivity index (χ2n) is 4.35. The number of aliphatic carboxylic acids is 1. The zero-order chi connectivity index (χ0) is 14.3. The summed E-state index contributed by atoms with van der Waals surface area (Å²) in [6, 6.07) is -0.625. The Morgan fingerprint density at radius 3 is 2.53 bits per heavy atom. The fourth-order valence-corrected chi connectivity index (χ4v) is 1.95. The van der Waals surface area contributed by atoms with Crippen molar-refractivity contribution in [1.29, 1.82) is 0 Å². The summed E-state index contributed by atoms with van der Waals surface area (Å²) in [5, 5.41) is 22.1. The number of aliphatic hydroxyl groups excluding tert-OH is 1. The molecule has 8 nitrogen and oxygen atoms in total. The van der Waals surface area contributed by atoms with Crippen molar-refractivity contribution in [1.82, 2.24) is 15.5 Å². The third-order valence-corrected chi connectivity index (χ3v) is 2.94. The van der Waals surface area contributed by atoms with Gasteiger partial charge in [-0.05, 0) is 19.3 Å². The predicted molar refractivity (Wildman–Crippen MR) is 65.5 cm³/mol. The fourth-order valence-electron chi connectivity index (χ4n) is 1.95. The van der Waals surface area contributed by atoms with Crippen molar-refractivity contribution in [3.63, 3.8) is 0 Å². The van der Waals surface area contributed by atoms with E-state index in [1.54, 1.807) is 0 Å². The third-order valence-electron chi connectivity index (χ3n) is 2.94. The first kappa shape index (κ1) is 15.2. The maximum Gasteiger partial charge on any atom is 0.322 e. The van der Waals surface area contributed by atoms with Crippen LogP contribution in [0.2, 0.25) is 0 Å². The quantitative estimate of drug-likeness (QED) is 0.498. The van der Waals surface area contributed by atoms with Gasteiger partial charge in [-0.3, -0.25) is 9.59 Å². The molecule has 1 aliphatic rings. The van der Waals surface area contributed by atoms with Gasteiger partial charge in [-0.1, -0.05) is 0 Å². The van der Waals surface area contributed by atoms with Crippen LogP contribution in [0, 0.1) is 0 Å². The summed E-state index contributed by atoms with van der Waals surface area (Å²) in [6.45, 7) is -0.301. The van der Waals surface area contributed by atoms with Gasteiger partial charge < -0.3 is 25.7 Å². The highest BCUT2D eigenvalue weighted by molar-refractivity contribution is 5.86. The Kier molecular flexibility index (Phi) is 6.07. The molecule has 1 rings (SSSR count). The molecule has 19 heavy (non-hydrogen) atoms. The number of hydrogen-bond acceptors (Lipinski definition) is 4. The maximum atomic E-state index is 11.8. The minimum Gasteiger partial charge on any atom is -0.480 e. The van der Waals surface area contributed by atoms with Crippen LogP contribution in [0.15, 0.2) is 0 Å². The highest BCUT2D eigenvalue weighted by atomic mass is 16.4. The van der Waals surface area contributed by atoms with Crippen LogP contribution in [0.25, 0.3) is 0 Å². The monoisotopic (exact) mass is 273 g/mol. The van der Waals surface area contributed by atoms with Crippen LogP contribution in [-0.4, -0.2) is 65.3 Å². The predicted octanol–water partition coefficient (Wildman–Crippen LogP) is -1.26. The lowest BCUT2D eigenvalue weighted by Crippen LogP contribution is -2.51. The molecule has 0 bridgehead atoms. The number of hydrogen-bond donors (Lipinski definition) is 4. The van der Waals surface area contributed by atoms with Crippen molar-refractivity contribution in [2.24, 2.45) is 0 Å². The van der Waals surface area contributed by atoms with Crippen LogP contribution in [0.5, 0.6) is 0 Å². The maximum absolute atomic E-state index is 11.8. The highest BCUT2D eigenvalue weighted by Gasteiger charge is 2.26. The van der Waals surface area contributed by atoms with E-state index in [0.717, 1.165) is 19.3 Å². The van der Waals surface area contributed by atoms with E-state index in [4.69, 9.17) is 10.2 Å². The molecule has 1 atom stereocenters. The SMILES string of the molecule is O=C(O)CNC(=O)CNC(=O)N1CCCCC1CO. The van der Waals surface area contributed by atoms with Gasteiger partial charge in [0.2, 0.25) is 5.91 Å². The van der Waals surface area contributed by atoms with Gasteiger partial charge in [0, 0.05) is 6.54 Å². The molecule has 0 aliphatic carbocycles.